The first kappa shape index (κ1) is 23.4. The number of carbonyl (C=O) groups is 2. The topological polar surface area (TPSA) is 52.7 Å². The van der Waals surface area contributed by atoms with E-state index in [0.29, 0.717) is 30.3 Å². The van der Waals surface area contributed by atoms with Crippen molar-refractivity contribution in [3.05, 3.63) is 95.1 Å². The Kier molecular flexibility index (Phi) is 6.91. The SMILES string of the molecule is CN(C)c1ccc(NC(=O)c2cccc(F)c2)cc1CN(CC1CC1)C(=O)c1ccc(F)cc1. The zero-order valence-corrected chi connectivity index (χ0v) is 19.2. The van der Waals surface area contributed by atoms with Crippen LogP contribution in [0.3, 0.4) is 0 Å². The number of anilines is 2. The van der Waals surface area contributed by atoms with E-state index >= 15 is 0 Å². The Balaban J connectivity index is 1.60. The van der Waals surface area contributed by atoms with Crippen LogP contribution in [0.4, 0.5) is 20.2 Å². The molecule has 176 valence electrons. The molecule has 1 fully saturated rings. The van der Waals surface area contributed by atoms with Gasteiger partial charge >= 0.3 is 0 Å². The van der Waals surface area contributed by atoms with Crippen LogP contribution in [0.25, 0.3) is 0 Å². The summed E-state index contributed by atoms with van der Waals surface area (Å²) < 4.78 is 26.9. The number of carbonyl (C=O) groups excluding carboxylic acids is 2. The predicted octanol–water partition coefficient (Wildman–Crippen LogP) is 5.34. The molecule has 0 aliphatic heterocycles. The quantitative estimate of drug-likeness (QED) is 0.491. The normalized spacial score (nSPS) is 12.8. The van der Waals surface area contributed by atoms with Crippen molar-refractivity contribution in [1.82, 2.24) is 4.90 Å². The van der Waals surface area contributed by atoms with E-state index in [0.717, 1.165) is 24.1 Å². The van der Waals surface area contributed by atoms with E-state index in [2.05, 4.69) is 5.32 Å². The first-order chi connectivity index (χ1) is 16.3. The molecule has 4 rings (SSSR count). The lowest BCUT2D eigenvalue weighted by Crippen LogP contribution is -2.33. The van der Waals surface area contributed by atoms with Gasteiger partial charge in [0.05, 0.1) is 0 Å². The van der Waals surface area contributed by atoms with Gasteiger partial charge in [-0.05, 0) is 85.0 Å². The zero-order chi connectivity index (χ0) is 24.2. The summed E-state index contributed by atoms with van der Waals surface area (Å²) in [6.07, 6.45) is 2.16. The molecule has 0 bridgehead atoms. The van der Waals surface area contributed by atoms with Gasteiger partial charge in [-0.2, -0.15) is 0 Å². The van der Waals surface area contributed by atoms with Crippen molar-refractivity contribution in [2.24, 2.45) is 5.92 Å². The molecule has 0 aromatic heterocycles. The number of benzene rings is 3. The van der Waals surface area contributed by atoms with Crippen LogP contribution in [0, 0.1) is 17.6 Å². The minimum Gasteiger partial charge on any atom is -0.377 e. The van der Waals surface area contributed by atoms with Gasteiger partial charge in [-0.1, -0.05) is 6.07 Å². The predicted molar refractivity (Wildman–Crippen MR) is 129 cm³/mol. The van der Waals surface area contributed by atoms with E-state index in [1.807, 2.05) is 31.1 Å². The fraction of sp³-hybridized carbons (Fsp3) is 0.259. The molecule has 0 radical (unpaired) electrons. The van der Waals surface area contributed by atoms with Crippen LogP contribution in [0.5, 0.6) is 0 Å². The molecule has 0 saturated heterocycles. The Morgan fingerprint density at radius 2 is 1.65 bits per heavy atom. The molecule has 0 spiro atoms. The summed E-state index contributed by atoms with van der Waals surface area (Å²) in [5.74, 6) is -0.984. The molecule has 3 aromatic carbocycles. The van der Waals surface area contributed by atoms with E-state index in [9.17, 15) is 18.4 Å². The van der Waals surface area contributed by atoms with Gasteiger partial charge in [0.2, 0.25) is 0 Å². The Labute approximate surface area is 198 Å². The smallest absolute Gasteiger partial charge is 0.255 e. The highest BCUT2D eigenvalue weighted by Gasteiger charge is 2.28. The molecular weight excluding hydrogens is 436 g/mol. The maximum Gasteiger partial charge on any atom is 0.255 e. The lowest BCUT2D eigenvalue weighted by atomic mass is 10.1. The molecule has 1 N–H and O–H groups in total. The van der Waals surface area contributed by atoms with Gasteiger partial charge in [0, 0.05) is 49.7 Å². The summed E-state index contributed by atoms with van der Waals surface area (Å²) in [5, 5.41) is 2.82. The second kappa shape index (κ2) is 10.0. The fourth-order valence-electron chi connectivity index (χ4n) is 3.87. The van der Waals surface area contributed by atoms with Crippen molar-refractivity contribution in [3.63, 3.8) is 0 Å². The third-order valence-corrected chi connectivity index (χ3v) is 5.82. The number of nitrogens with zero attached hydrogens (tertiary/aromatic N) is 2. The summed E-state index contributed by atoms with van der Waals surface area (Å²) in [6, 6.07) is 16.6. The minimum atomic E-state index is -0.480. The van der Waals surface area contributed by atoms with Crippen molar-refractivity contribution in [1.29, 1.82) is 0 Å². The summed E-state index contributed by atoms with van der Waals surface area (Å²) in [5.41, 5.74) is 2.98. The molecule has 1 aliphatic rings. The fourth-order valence-corrected chi connectivity index (χ4v) is 3.87. The van der Waals surface area contributed by atoms with Crippen molar-refractivity contribution >= 4 is 23.2 Å². The standard InChI is InChI=1S/C27H27F2N3O2/c1-31(2)25-13-12-24(30-26(33)20-4-3-5-23(29)14-20)15-21(25)17-32(16-18-6-7-18)27(34)19-8-10-22(28)11-9-19/h3-5,8-15,18H,6-7,16-17H2,1-2H3,(H,30,33). The van der Waals surface area contributed by atoms with Crippen LogP contribution in [0.1, 0.15) is 39.1 Å². The van der Waals surface area contributed by atoms with E-state index in [-0.39, 0.29) is 17.3 Å². The van der Waals surface area contributed by atoms with E-state index in [1.54, 1.807) is 17.0 Å². The van der Waals surface area contributed by atoms with Gasteiger partial charge in [-0.15, -0.1) is 0 Å². The van der Waals surface area contributed by atoms with Crippen LogP contribution in [-0.2, 0) is 6.54 Å². The van der Waals surface area contributed by atoms with Crippen LogP contribution < -0.4 is 10.2 Å². The maximum atomic E-state index is 13.5. The van der Waals surface area contributed by atoms with Crippen molar-refractivity contribution in [3.8, 4) is 0 Å². The second-order valence-electron chi connectivity index (χ2n) is 8.84. The maximum absolute atomic E-state index is 13.5. The average Bonchev–Trinajstić information content (AvgIpc) is 3.63. The monoisotopic (exact) mass is 463 g/mol. The lowest BCUT2D eigenvalue weighted by Gasteiger charge is -2.26. The highest BCUT2D eigenvalue weighted by molar-refractivity contribution is 6.04. The van der Waals surface area contributed by atoms with Gasteiger partial charge in [0.1, 0.15) is 11.6 Å². The van der Waals surface area contributed by atoms with Crippen LogP contribution >= 0.6 is 0 Å². The first-order valence-electron chi connectivity index (χ1n) is 11.2. The van der Waals surface area contributed by atoms with Crippen LogP contribution in [0.15, 0.2) is 66.7 Å². The van der Waals surface area contributed by atoms with Crippen molar-refractivity contribution in [2.45, 2.75) is 19.4 Å². The largest absolute Gasteiger partial charge is 0.377 e. The van der Waals surface area contributed by atoms with Gasteiger partial charge in [-0.25, -0.2) is 8.78 Å². The molecule has 2 amide bonds. The second-order valence-corrected chi connectivity index (χ2v) is 8.84. The third kappa shape index (κ3) is 5.78. The Morgan fingerprint density at radius 1 is 0.912 bits per heavy atom. The number of hydrogen-bond acceptors (Lipinski definition) is 3. The highest BCUT2D eigenvalue weighted by atomic mass is 19.1. The number of rotatable bonds is 8. The minimum absolute atomic E-state index is 0.161. The average molecular weight is 464 g/mol. The number of hydrogen-bond donors (Lipinski definition) is 1. The molecule has 34 heavy (non-hydrogen) atoms. The Hall–Kier alpha value is -3.74. The van der Waals surface area contributed by atoms with E-state index in [1.165, 1.54) is 42.5 Å². The Morgan fingerprint density at radius 3 is 2.29 bits per heavy atom. The van der Waals surface area contributed by atoms with Gasteiger partial charge < -0.3 is 15.1 Å². The van der Waals surface area contributed by atoms with Gasteiger partial charge in [0.25, 0.3) is 11.8 Å². The van der Waals surface area contributed by atoms with Crippen LogP contribution in [-0.4, -0.2) is 37.4 Å². The molecule has 1 aliphatic carbocycles. The van der Waals surface area contributed by atoms with Crippen molar-refractivity contribution < 1.29 is 18.4 Å². The van der Waals surface area contributed by atoms with Crippen LogP contribution in [0.2, 0.25) is 0 Å². The van der Waals surface area contributed by atoms with Gasteiger partial charge in [0.15, 0.2) is 0 Å². The highest BCUT2D eigenvalue weighted by Crippen LogP contribution is 2.32. The van der Waals surface area contributed by atoms with Crippen molar-refractivity contribution in [2.75, 3.05) is 30.9 Å². The summed E-state index contributed by atoms with van der Waals surface area (Å²) >= 11 is 0. The summed E-state index contributed by atoms with van der Waals surface area (Å²) in [6.45, 7) is 0.951. The molecule has 0 unspecified atom stereocenters. The molecule has 0 heterocycles. The molecule has 7 heteroatoms. The molecular formula is C27H27F2N3O2. The number of halogens is 2. The van der Waals surface area contributed by atoms with E-state index in [4.69, 9.17) is 0 Å². The number of amides is 2. The number of nitrogens with one attached hydrogen (secondary N) is 1. The third-order valence-electron chi connectivity index (χ3n) is 5.82. The lowest BCUT2D eigenvalue weighted by molar-refractivity contribution is 0.0735. The Bertz CT molecular complexity index is 1190. The molecule has 5 nitrogen and oxygen atoms in total. The summed E-state index contributed by atoms with van der Waals surface area (Å²) in [7, 11) is 3.83. The zero-order valence-electron chi connectivity index (χ0n) is 19.2. The molecule has 0 atom stereocenters. The van der Waals surface area contributed by atoms with Gasteiger partial charge in [-0.3, -0.25) is 9.59 Å². The molecule has 1 saturated carbocycles. The first-order valence-corrected chi connectivity index (χ1v) is 11.2. The summed E-state index contributed by atoms with van der Waals surface area (Å²) in [4.78, 5) is 29.6. The molecule has 3 aromatic rings. The van der Waals surface area contributed by atoms with E-state index < -0.39 is 11.7 Å².